The summed E-state index contributed by atoms with van der Waals surface area (Å²) in [6, 6.07) is 106. The third kappa shape index (κ3) is 17.6. The Bertz CT molecular complexity index is 9420. The Labute approximate surface area is 846 Å². The second-order valence-electron chi connectivity index (χ2n) is 37.9. The van der Waals surface area contributed by atoms with Gasteiger partial charge in [0.05, 0.1) is 27.8 Å². The van der Waals surface area contributed by atoms with Gasteiger partial charge in [0.15, 0.2) is 58.9 Å². The van der Waals surface area contributed by atoms with Crippen LogP contribution in [0.25, 0.3) is 222 Å². The molecule has 15 heteroatoms. The fourth-order valence-electron chi connectivity index (χ4n) is 20.3. The largest absolute Gasteiger partial charge is 0.437 e. The predicted octanol–water partition coefficient (Wildman–Crippen LogP) is 30.0. The molecule has 0 aliphatic carbocycles. The number of aryl methyl sites for hydroxylation is 19. The van der Waals surface area contributed by atoms with Gasteiger partial charge in [-0.05, 0) is 252 Å². The van der Waals surface area contributed by atoms with Crippen molar-refractivity contribution in [3.05, 3.63) is 419 Å². The molecule has 15 heterocycles. The van der Waals surface area contributed by atoms with Crippen molar-refractivity contribution < 1.29 is 53.1 Å². The fourth-order valence-corrected chi connectivity index (χ4v) is 20.3. The number of fused-ring (bicyclic) bond motifs is 15. The van der Waals surface area contributed by atoms with Gasteiger partial charge in [0, 0.05) is 150 Å². The lowest BCUT2D eigenvalue weighted by atomic mass is 9.94. The molecule has 15 nitrogen and oxygen atoms in total. The smallest absolute Gasteiger partial charge is 0.227 e. The van der Waals surface area contributed by atoms with E-state index < -0.39 is 13.7 Å². The van der Waals surface area contributed by atoms with Gasteiger partial charge in [0.25, 0.3) is 0 Å². The summed E-state index contributed by atoms with van der Waals surface area (Å²) >= 11 is 0. The van der Waals surface area contributed by atoms with Gasteiger partial charge < -0.3 is 22.1 Å². The zero-order valence-corrected chi connectivity index (χ0v) is 83.8. The van der Waals surface area contributed by atoms with Gasteiger partial charge in [-0.2, -0.15) is 0 Å². The predicted molar refractivity (Wildman–Crippen MR) is 584 cm³/mol. The molecule has 0 amide bonds. The van der Waals surface area contributed by atoms with E-state index in [1.165, 1.54) is 61.2 Å². The van der Waals surface area contributed by atoms with E-state index in [2.05, 4.69) is 313 Å². The maximum absolute atomic E-state index is 8.14. The lowest BCUT2D eigenvalue weighted by molar-refractivity contribution is -0.660. The van der Waals surface area contributed by atoms with Crippen LogP contribution in [-0.4, -0.2) is 24.9 Å². The molecule has 144 heavy (non-hydrogen) atoms. The molecule has 0 atom stereocenters. The minimum atomic E-state index is -2.27. The maximum Gasteiger partial charge on any atom is 0.227 e. The van der Waals surface area contributed by atoms with E-state index in [4.69, 9.17) is 30.3 Å². The molecule has 0 aliphatic heterocycles. The van der Waals surface area contributed by atoms with E-state index in [9.17, 15) is 0 Å². The molecule has 15 aromatic heterocycles. The molecule has 0 saturated carbocycles. The van der Waals surface area contributed by atoms with Crippen LogP contribution in [0.4, 0.5) is 0 Å². The van der Waals surface area contributed by atoms with E-state index in [0.29, 0.717) is 56.2 Å². The zero-order chi connectivity index (χ0) is 105. The molecule has 0 radical (unpaired) electrons. The fraction of sp³-hybridized carbons (Fsp3) is 0.147. The second kappa shape index (κ2) is 38.4. The van der Waals surface area contributed by atoms with E-state index >= 15 is 0 Å². The first-order chi connectivity index (χ1) is 72.1. The number of nitrogens with zero attached hydrogens (tertiary/aromatic N) is 10. The number of furan rings is 5. The summed E-state index contributed by atoms with van der Waals surface area (Å²) in [5.41, 5.74) is 41.7. The second-order valence-corrected chi connectivity index (χ2v) is 37.9. The Kier molecular flexibility index (Phi) is 22.9. The van der Waals surface area contributed by atoms with Crippen LogP contribution in [0.3, 0.4) is 0 Å². The molecular weight excluding hydrogens is 1770 g/mol. The number of pyridine rings is 10. The first-order valence-corrected chi connectivity index (χ1v) is 48.5. The Morgan fingerprint density at radius 3 is 0.785 bits per heavy atom. The summed E-state index contributed by atoms with van der Waals surface area (Å²) in [7, 11) is 10.1. The van der Waals surface area contributed by atoms with Crippen LogP contribution >= 0.6 is 0 Å². The summed E-state index contributed by atoms with van der Waals surface area (Å²) in [6.07, 6.45) is 10.2. The normalized spacial score (nSPS) is 12.2. The van der Waals surface area contributed by atoms with Crippen molar-refractivity contribution in [2.24, 2.45) is 35.2 Å². The molecule has 25 aromatic rings. The van der Waals surface area contributed by atoms with Crippen molar-refractivity contribution in [2.45, 2.75) is 96.8 Å². The standard InChI is InChI=1S/C27H25N2O.2C26H23N2O.2C25H21N2O/c1-16-13-17(2)25(26-24(16)21-12-11-19(4)28-27(21)30-26)23-14-22(18(3)15-29(23)5)20-9-7-6-8-10-20;1-16-10-12-20-21-13-11-18(3)27-26(21)29-25(20)24(16)23-14-22(17(2)15-28(23)4)19-8-6-5-7-9-19;1-16-14-17(2)24(25-23(16)21-11-10-18(3)27-26(21)29-25)22-15-20(12-13-28(22)4)19-8-6-5-7-9-19;2*1-16-9-11-20-21-12-10-17(2)26-25(21)28-24(20)23(16)22-15-19(13-14-27(22)3)18-7-5-4-6-8-18/h6-15H,1-5H3;2*5-15H,1-4H3;2*4-15H,1-3H3/q5*+1/i;2D3;1D3;;. The number of aromatic nitrogens is 10. The van der Waals surface area contributed by atoms with Crippen molar-refractivity contribution in [1.82, 2.24) is 24.9 Å². The highest BCUT2D eigenvalue weighted by atomic mass is 16.4. The number of rotatable bonds is 10. The van der Waals surface area contributed by atoms with Gasteiger partial charge in [0.2, 0.25) is 57.0 Å². The lowest BCUT2D eigenvalue weighted by Gasteiger charge is -2.11. The van der Waals surface area contributed by atoms with Crippen molar-refractivity contribution >= 4 is 110 Å². The first kappa shape index (κ1) is 85.9. The van der Waals surface area contributed by atoms with E-state index in [-0.39, 0.29) is 0 Å². The van der Waals surface area contributed by atoms with Crippen LogP contribution in [0, 0.1) is 96.8 Å². The van der Waals surface area contributed by atoms with Gasteiger partial charge in [-0.3, -0.25) is 0 Å². The molecular formula is C129H113N10O5+5. The third-order valence-corrected chi connectivity index (χ3v) is 27.6. The van der Waals surface area contributed by atoms with Crippen LogP contribution in [-0.2, 0) is 35.2 Å². The number of hydrogen-bond donors (Lipinski definition) is 0. The van der Waals surface area contributed by atoms with Gasteiger partial charge in [-0.1, -0.05) is 200 Å². The van der Waals surface area contributed by atoms with Gasteiger partial charge in [-0.15, -0.1) is 0 Å². The lowest BCUT2D eigenvalue weighted by Crippen LogP contribution is -2.31. The van der Waals surface area contributed by atoms with Crippen molar-refractivity contribution in [3.8, 4) is 112 Å². The van der Waals surface area contributed by atoms with E-state index in [1.54, 1.807) is 12.3 Å². The summed E-state index contributed by atoms with van der Waals surface area (Å²) in [4.78, 5) is 22.9. The molecule has 0 saturated heterocycles. The summed E-state index contributed by atoms with van der Waals surface area (Å²) in [6.45, 7) is 20.0. The van der Waals surface area contributed by atoms with Crippen LogP contribution < -0.4 is 22.8 Å². The molecule has 0 aliphatic rings. The summed E-state index contributed by atoms with van der Waals surface area (Å²) in [5.74, 6) is 0. The van der Waals surface area contributed by atoms with Crippen molar-refractivity contribution in [3.63, 3.8) is 0 Å². The van der Waals surface area contributed by atoms with Crippen LogP contribution in [0.5, 0.6) is 0 Å². The number of benzene rings is 10. The minimum Gasteiger partial charge on any atom is -0.437 e. The minimum absolute atomic E-state index is 0.292. The molecule has 0 spiro atoms. The van der Waals surface area contributed by atoms with Crippen LogP contribution in [0.15, 0.2) is 362 Å². The monoisotopic (exact) mass is 1890 g/mol. The van der Waals surface area contributed by atoms with Crippen molar-refractivity contribution in [1.29, 1.82) is 0 Å². The molecule has 0 N–H and O–H groups in total. The average Bonchev–Trinajstić information content (AvgIpc) is 1.56. The highest BCUT2D eigenvalue weighted by molar-refractivity contribution is 6.14. The Morgan fingerprint density at radius 1 is 0.201 bits per heavy atom. The maximum atomic E-state index is 8.14. The van der Waals surface area contributed by atoms with Crippen LogP contribution in [0.2, 0.25) is 0 Å². The molecule has 0 unspecified atom stereocenters. The third-order valence-electron chi connectivity index (χ3n) is 27.6. The molecule has 0 bridgehead atoms. The number of hydrogen-bond acceptors (Lipinski definition) is 10. The van der Waals surface area contributed by atoms with Crippen LogP contribution in [0.1, 0.15) is 86.8 Å². The van der Waals surface area contributed by atoms with Gasteiger partial charge in [0.1, 0.15) is 35.2 Å². The highest BCUT2D eigenvalue weighted by Gasteiger charge is 2.31. The molecule has 0 fully saturated rings. The summed E-state index contributed by atoms with van der Waals surface area (Å²) < 4.78 is 90.6. The van der Waals surface area contributed by atoms with Gasteiger partial charge in [-0.25, -0.2) is 47.8 Å². The Balaban J connectivity index is 0.000000110. The SMILES string of the molecule is Cc1ccc2c(n1)oc1c(-c3cc(-c4ccccc4)c(C)c[n+]3C)c(C)cc(C)c12.Cc1ccc2c(n1)oc1c(-c3cc(-c4ccccc4)cc[n+]3C)c(C)ccc12.Cc1ccc2c(n1)oc1c(-c3cc(-c4ccccc4)cc[n+]3C)c(C)ccc12.[2H]C([2H])([2H])c1c[n+](C)c(-c2c(C)ccc3c2oc2nc(C)ccc23)cc1-c1ccccc1.[2H]C([2H])([2H])c1cc(C)c(-c2cc(-c3ccccc3)cc[n+]2C)c2oc3nc(C)ccc3c12. The van der Waals surface area contributed by atoms with E-state index in [1.807, 2.05) is 181 Å². The topological polar surface area (TPSA) is 150 Å². The van der Waals surface area contributed by atoms with Gasteiger partial charge >= 0.3 is 0 Å². The summed E-state index contributed by atoms with van der Waals surface area (Å²) in [5, 5.41) is 9.85. The molecule has 10 aromatic carbocycles. The average molecular weight is 1890 g/mol. The molecule has 704 valence electrons. The Hall–Kier alpha value is -17.3. The zero-order valence-electron chi connectivity index (χ0n) is 89.8. The highest BCUT2D eigenvalue weighted by Crippen LogP contribution is 2.46. The Morgan fingerprint density at radius 2 is 0.458 bits per heavy atom. The van der Waals surface area contributed by atoms with Crippen molar-refractivity contribution in [2.75, 3.05) is 0 Å². The quantitative estimate of drug-likeness (QED) is 0.121. The molecule has 25 rings (SSSR count). The first-order valence-electron chi connectivity index (χ1n) is 51.5. The van der Waals surface area contributed by atoms with E-state index in [0.717, 1.165) is 183 Å².